The minimum absolute atomic E-state index is 0.204. The first kappa shape index (κ1) is 11.7. The van der Waals surface area contributed by atoms with Crippen molar-refractivity contribution in [2.45, 2.75) is 25.5 Å². The van der Waals surface area contributed by atoms with Gasteiger partial charge in [0, 0.05) is 6.42 Å². The van der Waals surface area contributed by atoms with Gasteiger partial charge < -0.3 is 15.5 Å². The van der Waals surface area contributed by atoms with Gasteiger partial charge in [0.1, 0.15) is 0 Å². The van der Waals surface area contributed by atoms with Gasteiger partial charge in [-0.25, -0.2) is 0 Å². The van der Waals surface area contributed by atoms with Gasteiger partial charge in [0.2, 0.25) is 5.91 Å². The van der Waals surface area contributed by atoms with Crippen LogP contribution in [0.2, 0.25) is 0 Å². The van der Waals surface area contributed by atoms with Gasteiger partial charge in [0.05, 0.1) is 18.8 Å². The minimum Gasteiger partial charge on any atom is -0.394 e. The fourth-order valence-electron chi connectivity index (χ4n) is 0.699. The Morgan fingerprint density at radius 2 is 2.25 bits per heavy atom. The molecule has 0 heterocycles. The largest absolute Gasteiger partial charge is 0.394 e. The Hall–Kier alpha value is -0.260. The highest BCUT2D eigenvalue weighted by Gasteiger charge is 2.15. The van der Waals surface area contributed by atoms with E-state index in [1.54, 1.807) is 0 Å². The van der Waals surface area contributed by atoms with E-state index in [0.29, 0.717) is 12.2 Å². The van der Waals surface area contributed by atoms with Crippen molar-refractivity contribution in [2.75, 3.05) is 12.4 Å². The van der Waals surface area contributed by atoms with E-state index in [1.807, 2.05) is 0 Å². The number of hydrogen-bond donors (Lipinski definition) is 4. The Kier molecular flexibility index (Phi) is 6.14. The van der Waals surface area contributed by atoms with Crippen molar-refractivity contribution in [1.29, 1.82) is 0 Å². The Morgan fingerprint density at radius 3 is 2.58 bits per heavy atom. The van der Waals surface area contributed by atoms with E-state index in [0.717, 1.165) is 0 Å². The third kappa shape index (κ3) is 4.58. The molecule has 0 rings (SSSR count). The standard InChI is InChI=1S/C7H15NO3S/c1-5(10)6(4-9)8-7(11)2-3-12/h5-6,9-10,12H,2-4H2,1H3,(H,8,11)/t5-,6-/m1/s1. The summed E-state index contributed by atoms with van der Waals surface area (Å²) in [5, 5.41) is 20.2. The van der Waals surface area contributed by atoms with Crippen LogP contribution in [0.25, 0.3) is 0 Å². The maximum Gasteiger partial charge on any atom is 0.221 e. The summed E-state index contributed by atoms with van der Waals surface area (Å²) in [7, 11) is 0. The van der Waals surface area contributed by atoms with Crippen LogP contribution < -0.4 is 5.32 Å². The molecule has 1 amide bonds. The summed E-state index contributed by atoms with van der Waals surface area (Å²) in [6, 6.07) is -0.572. The summed E-state index contributed by atoms with van der Waals surface area (Å²) in [4.78, 5) is 10.9. The van der Waals surface area contributed by atoms with Crippen LogP contribution in [0, 0.1) is 0 Å². The number of thiol groups is 1. The topological polar surface area (TPSA) is 69.6 Å². The molecular formula is C7H15NO3S. The number of carbonyl (C=O) groups is 1. The highest BCUT2D eigenvalue weighted by atomic mass is 32.1. The average Bonchev–Trinajstić information content (AvgIpc) is 2.00. The Morgan fingerprint density at radius 1 is 1.67 bits per heavy atom. The average molecular weight is 193 g/mol. The molecule has 0 fully saturated rings. The van der Waals surface area contributed by atoms with Crippen LogP contribution in [0.1, 0.15) is 13.3 Å². The third-order valence-corrected chi connectivity index (χ3v) is 1.69. The van der Waals surface area contributed by atoms with E-state index in [-0.39, 0.29) is 12.5 Å². The zero-order valence-electron chi connectivity index (χ0n) is 7.03. The first-order valence-corrected chi connectivity index (χ1v) is 4.44. The lowest BCUT2D eigenvalue weighted by molar-refractivity contribution is -0.122. The molecule has 0 aromatic heterocycles. The van der Waals surface area contributed by atoms with Crippen LogP contribution in [0.4, 0.5) is 0 Å². The molecule has 0 radical (unpaired) electrons. The second kappa shape index (κ2) is 6.28. The lowest BCUT2D eigenvalue weighted by atomic mass is 10.2. The van der Waals surface area contributed by atoms with Gasteiger partial charge in [-0.3, -0.25) is 4.79 Å². The molecule has 5 heteroatoms. The van der Waals surface area contributed by atoms with Crippen molar-refractivity contribution in [3.8, 4) is 0 Å². The van der Waals surface area contributed by atoms with E-state index < -0.39 is 12.1 Å². The Bertz CT molecular complexity index is 141. The molecule has 0 saturated carbocycles. The minimum atomic E-state index is -0.737. The number of hydrogen-bond acceptors (Lipinski definition) is 4. The van der Waals surface area contributed by atoms with Gasteiger partial charge in [-0.2, -0.15) is 12.6 Å². The van der Waals surface area contributed by atoms with Crippen LogP contribution in [0.15, 0.2) is 0 Å². The van der Waals surface area contributed by atoms with Crippen LogP contribution in [-0.2, 0) is 4.79 Å². The second-order valence-electron chi connectivity index (χ2n) is 2.57. The normalized spacial score (nSPS) is 15.3. The molecule has 0 bridgehead atoms. The van der Waals surface area contributed by atoms with Crippen LogP contribution in [0.5, 0.6) is 0 Å². The van der Waals surface area contributed by atoms with Crippen LogP contribution in [0.3, 0.4) is 0 Å². The van der Waals surface area contributed by atoms with Gasteiger partial charge in [0.25, 0.3) is 0 Å². The maximum absolute atomic E-state index is 10.9. The van der Waals surface area contributed by atoms with Gasteiger partial charge in [-0.05, 0) is 12.7 Å². The number of aliphatic hydroxyl groups is 2. The highest BCUT2D eigenvalue weighted by molar-refractivity contribution is 7.80. The molecule has 0 aliphatic carbocycles. The van der Waals surface area contributed by atoms with Crippen molar-refractivity contribution in [2.24, 2.45) is 0 Å². The van der Waals surface area contributed by atoms with E-state index in [9.17, 15) is 4.79 Å². The predicted molar refractivity (Wildman–Crippen MR) is 49.2 cm³/mol. The smallest absolute Gasteiger partial charge is 0.221 e. The quantitative estimate of drug-likeness (QED) is 0.431. The lowest BCUT2D eigenvalue weighted by Crippen LogP contribution is -2.44. The van der Waals surface area contributed by atoms with Crippen molar-refractivity contribution in [3.63, 3.8) is 0 Å². The predicted octanol–water partition coefficient (Wildman–Crippen LogP) is -0.836. The molecule has 0 saturated heterocycles. The molecule has 0 aromatic carbocycles. The number of rotatable bonds is 5. The highest BCUT2D eigenvalue weighted by Crippen LogP contribution is 1.93. The zero-order valence-corrected chi connectivity index (χ0v) is 7.92. The Labute approximate surface area is 77.4 Å². The molecule has 0 spiro atoms. The first-order chi connectivity index (χ1) is 5.61. The molecule has 0 aliphatic rings. The summed E-state index contributed by atoms with van der Waals surface area (Å²) in [6.45, 7) is 1.26. The fourth-order valence-corrected chi connectivity index (χ4v) is 0.902. The maximum atomic E-state index is 10.9. The van der Waals surface area contributed by atoms with Gasteiger partial charge in [-0.15, -0.1) is 0 Å². The van der Waals surface area contributed by atoms with Crippen molar-refractivity contribution < 1.29 is 15.0 Å². The Balaban J connectivity index is 3.77. The summed E-state index contributed by atoms with van der Waals surface area (Å²) in [5.41, 5.74) is 0. The molecule has 0 unspecified atom stereocenters. The number of nitrogens with one attached hydrogen (secondary N) is 1. The monoisotopic (exact) mass is 193 g/mol. The number of aliphatic hydroxyl groups excluding tert-OH is 2. The SMILES string of the molecule is C[C@@H](O)[C@@H](CO)NC(=O)CCS. The number of amides is 1. The summed E-state index contributed by atoms with van der Waals surface area (Å²) in [5.74, 6) is 0.258. The zero-order chi connectivity index (χ0) is 9.56. The summed E-state index contributed by atoms with van der Waals surface area (Å²) in [6.07, 6.45) is -0.439. The molecule has 0 aliphatic heterocycles. The number of carbonyl (C=O) groups excluding carboxylic acids is 1. The third-order valence-electron chi connectivity index (χ3n) is 1.46. The van der Waals surface area contributed by atoms with Crippen molar-refractivity contribution >= 4 is 18.5 Å². The molecule has 3 N–H and O–H groups in total. The molecular weight excluding hydrogens is 178 g/mol. The lowest BCUT2D eigenvalue weighted by Gasteiger charge is -2.18. The second-order valence-corrected chi connectivity index (χ2v) is 3.02. The van der Waals surface area contributed by atoms with Crippen molar-refractivity contribution in [3.05, 3.63) is 0 Å². The molecule has 4 nitrogen and oxygen atoms in total. The van der Waals surface area contributed by atoms with E-state index >= 15 is 0 Å². The van der Waals surface area contributed by atoms with Gasteiger partial charge in [-0.1, -0.05) is 0 Å². The molecule has 72 valence electrons. The van der Waals surface area contributed by atoms with E-state index in [1.165, 1.54) is 6.92 Å². The summed E-state index contributed by atoms with van der Waals surface area (Å²) < 4.78 is 0. The van der Waals surface area contributed by atoms with Crippen molar-refractivity contribution in [1.82, 2.24) is 5.32 Å². The van der Waals surface area contributed by atoms with Gasteiger partial charge in [0.15, 0.2) is 0 Å². The van der Waals surface area contributed by atoms with Crippen LogP contribution >= 0.6 is 12.6 Å². The van der Waals surface area contributed by atoms with Crippen LogP contribution in [-0.4, -0.2) is 40.6 Å². The summed E-state index contributed by atoms with van der Waals surface area (Å²) >= 11 is 3.88. The molecule has 2 atom stereocenters. The molecule has 0 aromatic rings. The van der Waals surface area contributed by atoms with Gasteiger partial charge >= 0.3 is 0 Å². The van der Waals surface area contributed by atoms with E-state index in [2.05, 4.69) is 17.9 Å². The molecule has 12 heavy (non-hydrogen) atoms. The van der Waals surface area contributed by atoms with E-state index in [4.69, 9.17) is 10.2 Å². The first-order valence-electron chi connectivity index (χ1n) is 3.81. The fraction of sp³-hybridized carbons (Fsp3) is 0.857.